The van der Waals surface area contributed by atoms with E-state index in [4.69, 9.17) is 16.3 Å². The van der Waals surface area contributed by atoms with Gasteiger partial charge in [-0.05, 0) is 77.0 Å². The smallest absolute Gasteiger partial charge is 0.187 e. The molecular formula is C46H31FN5OPt-3. The maximum atomic E-state index is 13.9. The zero-order valence-corrected chi connectivity index (χ0v) is 31.5. The van der Waals surface area contributed by atoms with Crippen molar-refractivity contribution < 1.29 is 30.2 Å². The number of para-hydroxylation sites is 3. The van der Waals surface area contributed by atoms with E-state index in [-0.39, 0.29) is 26.9 Å². The van der Waals surface area contributed by atoms with E-state index in [2.05, 4.69) is 76.7 Å². The molecule has 0 atom stereocenters. The zero-order valence-electron chi connectivity index (χ0n) is 29.3. The van der Waals surface area contributed by atoms with Gasteiger partial charge in [-0.3, -0.25) is 0 Å². The van der Waals surface area contributed by atoms with Gasteiger partial charge in [-0.25, -0.2) is 14.2 Å². The first-order valence-electron chi connectivity index (χ1n) is 17.4. The molecule has 0 saturated heterocycles. The van der Waals surface area contributed by atoms with E-state index in [0.29, 0.717) is 23.1 Å². The quantitative estimate of drug-likeness (QED) is 0.150. The summed E-state index contributed by atoms with van der Waals surface area (Å²) in [6.45, 7) is 13.8. The van der Waals surface area contributed by atoms with Crippen molar-refractivity contribution in [2.75, 3.05) is 9.80 Å². The van der Waals surface area contributed by atoms with Crippen molar-refractivity contribution in [3.05, 3.63) is 181 Å². The van der Waals surface area contributed by atoms with Crippen LogP contribution in [0.3, 0.4) is 0 Å². The molecule has 0 bridgehead atoms. The first-order valence-corrected chi connectivity index (χ1v) is 17.4. The van der Waals surface area contributed by atoms with Gasteiger partial charge in [0, 0.05) is 61.3 Å². The van der Waals surface area contributed by atoms with Crippen LogP contribution in [0.4, 0.5) is 32.8 Å². The molecule has 0 unspecified atom stereocenters. The van der Waals surface area contributed by atoms with Gasteiger partial charge >= 0.3 is 0 Å². The van der Waals surface area contributed by atoms with Crippen molar-refractivity contribution >= 4 is 50.2 Å². The number of hydrogen-bond donors (Lipinski definition) is 0. The van der Waals surface area contributed by atoms with Crippen LogP contribution in [0.25, 0.3) is 43.6 Å². The zero-order chi connectivity index (χ0) is 36.1. The van der Waals surface area contributed by atoms with Gasteiger partial charge in [0.25, 0.3) is 0 Å². The Kier molecular flexibility index (Phi) is 9.23. The van der Waals surface area contributed by atoms with Gasteiger partial charge in [0.05, 0.1) is 6.57 Å². The van der Waals surface area contributed by atoms with Crippen LogP contribution in [0, 0.1) is 31.2 Å². The Morgan fingerprint density at radius 1 is 0.741 bits per heavy atom. The molecule has 0 spiro atoms. The Labute approximate surface area is 327 Å². The fraction of sp³-hybridized carbons (Fsp3) is 0.0652. The monoisotopic (exact) mass is 883 g/mol. The minimum absolute atomic E-state index is 0. The predicted octanol–water partition coefficient (Wildman–Crippen LogP) is 12.5. The van der Waals surface area contributed by atoms with E-state index < -0.39 is 0 Å². The summed E-state index contributed by atoms with van der Waals surface area (Å²) >= 11 is 0. The third-order valence-electron chi connectivity index (χ3n) is 9.60. The number of rotatable bonds is 7. The summed E-state index contributed by atoms with van der Waals surface area (Å²) in [4.78, 5) is 12.5. The van der Waals surface area contributed by atoms with Crippen molar-refractivity contribution in [3.63, 3.8) is 0 Å². The van der Waals surface area contributed by atoms with E-state index in [1.54, 1.807) is 12.1 Å². The topological polar surface area (TPSA) is 37.9 Å². The molecule has 266 valence electrons. The number of fused-ring (bicyclic) bond motifs is 4. The molecule has 6 aromatic carbocycles. The maximum absolute atomic E-state index is 13.9. The van der Waals surface area contributed by atoms with Crippen LogP contribution >= 0.6 is 0 Å². The Hall–Kier alpha value is -6.22. The second-order valence-corrected chi connectivity index (χ2v) is 13.2. The van der Waals surface area contributed by atoms with Gasteiger partial charge in [0.2, 0.25) is 0 Å². The molecule has 8 heteroatoms. The minimum Gasteiger partial charge on any atom is -0.509 e. The van der Waals surface area contributed by atoms with Crippen LogP contribution in [-0.4, -0.2) is 9.55 Å². The number of ether oxygens (including phenoxy) is 1. The average Bonchev–Trinajstić information content (AvgIpc) is 3.74. The van der Waals surface area contributed by atoms with Crippen LogP contribution in [0.2, 0.25) is 0 Å². The van der Waals surface area contributed by atoms with Gasteiger partial charge in [0.1, 0.15) is 11.6 Å². The molecule has 0 fully saturated rings. The van der Waals surface area contributed by atoms with E-state index in [1.165, 1.54) is 17.7 Å². The summed E-state index contributed by atoms with van der Waals surface area (Å²) in [7, 11) is 0. The molecule has 2 aromatic heterocycles. The van der Waals surface area contributed by atoms with E-state index >= 15 is 0 Å². The molecule has 0 saturated carbocycles. The predicted molar refractivity (Wildman–Crippen MR) is 210 cm³/mol. The third kappa shape index (κ3) is 6.29. The molecule has 0 radical (unpaired) electrons. The van der Waals surface area contributed by atoms with Crippen LogP contribution < -0.4 is 14.5 Å². The van der Waals surface area contributed by atoms with E-state index in [0.717, 1.165) is 61.5 Å². The normalized spacial score (nSPS) is 12.2. The summed E-state index contributed by atoms with van der Waals surface area (Å²) in [6.07, 6.45) is 1.86. The summed E-state index contributed by atoms with van der Waals surface area (Å²) in [5, 5.41) is 2.15. The van der Waals surface area contributed by atoms with Crippen molar-refractivity contribution in [3.8, 4) is 28.4 Å². The fourth-order valence-corrected chi connectivity index (χ4v) is 6.92. The number of aromatic nitrogens is 2. The summed E-state index contributed by atoms with van der Waals surface area (Å²) in [5.74, 6) is 1.91. The number of nitrogens with zero attached hydrogens (tertiary/aromatic N) is 5. The second kappa shape index (κ2) is 14.3. The molecule has 0 amide bonds. The van der Waals surface area contributed by atoms with Gasteiger partial charge in [-0.2, -0.15) is 6.07 Å². The van der Waals surface area contributed by atoms with Crippen molar-refractivity contribution in [1.29, 1.82) is 0 Å². The van der Waals surface area contributed by atoms with Crippen molar-refractivity contribution in [2.24, 2.45) is 0 Å². The Bertz CT molecular complexity index is 2700. The maximum Gasteiger partial charge on any atom is 0.187 e. The molecule has 0 aliphatic carbocycles. The number of hydrogen-bond acceptors (Lipinski definition) is 4. The fourth-order valence-electron chi connectivity index (χ4n) is 6.92. The minimum atomic E-state index is -0.291. The first-order chi connectivity index (χ1) is 25.9. The Balaban J connectivity index is 0.00000413. The first kappa shape index (κ1) is 34.8. The van der Waals surface area contributed by atoms with Crippen LogP contribution in [0.5, 0.6) is 11.5 Å². The molecule has 1 aliphatic heterocycles. The molecule has 6 nitrogen and oxygen atoms in total. The van der Waals surface area contributed by atoms with Crippen LogP contribution in [0.15, 0.2) is 140 Å². The molecule has 9 rings (SSSR count). The third-order valence-corrected chi connectivity index (χ3v) is 9.60. The summed E-state index contributed by atoms with van der Waals surface area (Å²) in [5.41, 5.74) is 8.95. The number of benzene rings is 6. The van der Waals surface area contributed by atoms with Gasteiger partial charge in [-0.15, -0.1) is 53.6 Å². The summed E-state index contributed by atoms with van der Waals surface area (Å²) < 4.78 is 22.7. The molecule has 3 heterocycles. The summed E-state index contributed by atoms with van der Waals surface area (Å²) in [6, 6.07) is 49.7. The molecule has 8 aromatic rings. The van der Waals surface area contributed by atoms with Gasteiger partial charge in [0.15, 0.2) is 5.69 Å². The number of pyridine rings is 1. The van der Waals surface area contributed by atoms with E-state index in [9.17, 15) is 4.39 Å². The second-order valence-electron chi connectivity index (χ2n) is 13.2. The number of anilines is 4. The average molecular weight is 884 g/mol. The van der Waals surface area contributed by atoms with Gasteiger partial charge in [-0.1, -0.05) is 74.0 Å². The van der Waals surface area contributed by atoms with Gasteiger partial charge < -0.3 is 19.1 Å². The molecular weight excluding hydrogens is 853 g/mol. The molecule has 0 N–H and O–H groups in total. The Morgan fingerprint density at radius 2 is 1.48 bits per heavy atom. The SMILES string of the molecule is [C-]#[N+]c1ccc(-c2cc(Oc3[c-]c4c(cc3)c3ccccc3n4-c3cc(C(C)C)ccn3)[c-]c(N3[CH-]N(c4ccc(F)cc4)c4ccccc43)c2)cc1.[Pt]. The Morgan fingerprint density at radius 3 is 2.24 bits per heavy atom. The molecule has 1 aliphatic rings. The largest absolute Gasteiger partial charge is 0.509 e. The van der Waals surface area contributed by atoms with Crippen LogP contribution in [-0.2, 0) is 21.1 Å². The standard InChI is InChI=1S/C46H31FN5O.Pt/c1-30(2)32-22-23-49-46(26-32)52-42-9-5-4-8-40(42)41-21-20-38(28-45(41)52)53-39-25-33(31-12-16-35(48-3)17-13-31)24-37(27-39)51-29-50(36-18-14-34(47)15-19-36)43-10-6-7-11-44(43)51;/h4-26,29-30H,1-2H3;/q-3;. The van der Waals surface area contributed by atoms with Crippen molar-refractivity contribution in [2.45, 2.75) is 19.8 Å². The molecule has 54 heavy (non-hydrogen) atoms. The van der Waals surface area contributed by atoms with Crippen LogP contribution in [0.1, 0.15) is 25.3 Å². The van der Waals surface area contributed by atoms with Crippen molar-refractivity contribution in [1.82, 2.24) is 9.55 Å². The van der Waals surface area contributed by atoms with E-state index in [1.807, 2.05) is 90.6 Å². The number of halogens is 1.